The van der Waals surface area contributed by atoms with Gasteiger partial charge in [0.1, 0.15) is 6.61 Å². The molecule has 0 amide bonds. The Morgan fingerprint density at radius 1 is 0.970 bits per heavy atom. The minimum absolute atomic E-state index is 0.0365. The summed E-state index contributed by atoms with van der Waals surface area (Å²) in [6.07, 6.45) is -8.00. The summed E-state index contributed by atoms with van der Waals surface area (Å²) in [6.45, 7) is -1.32. The van der Waals surface area contributed by atoms with E-state index in [1.165, 1.54) is 6.08 Å². The smallest absolute Gasteiger partial charge is 0.416 e. The average Bonchev–Trinajstić information content (AvgIpc) is 3.07. The maximum atomic E-state index is 12.7. The average molecular weight is 474 g/mol. The fraction of sp³-hybridized carbons (Fsp3) is 0.273. The van der Waals surface area contributed by atoms with E-state index in [0.29, 0.717) is 12.1 Å². The van der Waals surface area contributed by atoms with Gasteiger partial charge in [-0.2, -0.15) is 26.3 Å². The number of hydrogen-bond acceptors (Lipinski definition) is 5. The molecule has 2 aromatic carbocycles. The first-order valence-electron chi connectivity index (χ1n) is 9.39. The number of carbonyl (C=O) groups excluding carboxylic acids is 2. The Morgan fingerprint density at radius 3 is 1.97 bits per heavy atom. The fourth-order valence-electron chi connectivity index (χ4n) is 3.09. The Labute approximate surface area is 183 Å². The van der Waals surface area contributed by atoms with Crippen LogP contribution in [0.25, 0.3) is 6.08 Å². The minimum atomic E-state index is -4.57. The maximum absolute atomic E-state index is 12.7. The van der Waals surface area contributed by atoms with Crippen LogP contribution in [0.4, 0.5) is 26.3 Å². The Hall–Kier alpha value is -3.34. The zero-order chi connectivity index (χ0) is 24.4. The van der Waals surface area contributed by atoms with E-state index in [4.69, 9.17) is 9.47 Å². The van der Waals surface area contributed by atoms with Gasteiger partial charge in [0.05, 0.1) is 23.3 Å². The molecule has 1 fully saturated rings. The van der Waals surface area contributed by atoms with Crippen molar-refractivity contribution < 1.29 is 50.5 Å². The normalized spacial score (nSPS) is 20.1. The first-order chi connectivity index (χ1) is 15.3. The third-order valence-corrected chi connectivity index (χ3v) is 4.87. The number of benzene rings is 2. The number of hydrogen-bond donors (Lipinski definition) is 1. The second-order valence-electron chi connectivity index (χ2n) is 7.35. The van der Waals surface area contributed by atoms with Crippen molar-refractivity contribution in [3.63, 3.8) is 0 Å². The number of esters is 2. The van der Waals surface area contributed by atoms with Gasteiger partial charge < -0.3 is 14.6 Å². The largest absolute Gasteiger partial charge is 0.458 e. The number of rotatable bonds is 5. The van der Waals surface area contributed by atoms with Gasteiger partial charge in [0.15, 0.2) is 5.60 Å². The molecular weight excluding hydrogens is 458 g/mol. The molecule has 1 aliphatic rings. The lowest BCUT2D eigenvalue weighted by Gasteiger charge is -2.24. The molecule has 11 heteroatoms. The molecule has 0 aliphatic carbocycles. The van der Waals surface area contributed by atoms with E-state index in [9.17, 15) is 41.0 Å². The molecule has 1 aliphatic heterocycles. The van der Waals surface area contributed by atoms with Crippen molar-refractivity contribution in [1.29, 1.82) is 0 Å². The molecule has 5 nitrogen and oxygen atoms in total. The number of halogens is 6. The van der Waals surface area contributed by atoms with E-state index in [0.717, 1.165) is 36.4 Å². The highest BCUT2D eigenvalue weighted by atomic mass is 19.4. The van der Waals surface area contributed by atoms with Crippen LogP contribution in [0.15, 0.2) is 54.1 Å². The van der Waals surface area contributed by atoms with Crippen LogP contribution in [0, 0.1) is 0 Å². The second kappa shape index (κ2) is 8.89. The second-order valence-corrected chi connectivity index (χ2v) is 7.35. The highest BCUT2D eigenvalue weighted by Crippen LogP contribution is 2.34. The first kappa shape index (κ1) is 24.3. The highest BCUT2D eigenvalue weighted by Gasteiger charge is 2.44. The first-order valence-corrected chi connectivity index (χ1v) is 9.39. The summed E-state index contributed by atoms with van der Waals surface area (Å²) in [5.41, 5.74) is -3.30. The lowest BCUT2D eigenvalue weighted by molar-refractivity contribution is -0.154. The maximum Gasteiger partial charge on any atom is 0.416 e. The van der Waals surface area contributed by atoms with Gasteiger partial charge >= 0.3 is 24.3 Å². The van der Waals surface area contributed by atoms with Crippen molar-refractivity contribution in [1.82, 2.24) is 0 Å². The van der Waals surface area contributed by atoms with Gasteiger partial charge in [0, 0.05) is 12.0 Å². The van der Waals surface area contributed by atoms with Crippen LogP contribution < -0.4 is 0 Å². The van der Waals surface area contributed by atoms with Crippen molar-refractivity contribution >= 4 is 18.0 Å². The molecule has 2 aromatic rings. The Balaban J connectivity index is 1.68. The molecule has 0 bridgehead atoms. The molecule has 0 aromatic heterocycles. The van der Waals surface area contributed by atoms with Crippen molar-refractivity contribution in [3.8, 4) is 0 Å². The van der Waals surface area contributed by atoms with Crippen LogP contribution in [0.5, 0.6) is 0 Å². The summed E-state index contributed by atoms with van der Waals surface area (Å²) in [5, 5.41) is 9.71. The topological polar surface area (TPSA) is 72.8 Å². The van der Waals surface area contributed by atoms with Crippen LogP contribution in [-0.2, 0) is 26.6 Å². The number of aliphatic hydroxyl groups is 1. The third kappa shape index (κ3) is 5.72. The molecule has 3 rings (SSSR count). The number of aliphatic hydroxyl groups excluding tert-OH is 1. The summed E-state index contributed by atoms with van der Waals surface area (Å²) in [7, 11) is 0. The number of alkyl halides is 6. The molecule has 33 heavy (non-hydrogen) atoms. The number of cyclic esters (lactones) is 1. The monoisotopic (exact) mass is 474 g/mol. The van der Waals surface area contributed by atoms with Crippen LogP contribution in [-0.4, -0.2) is 35.9 Å². The summed E-state index contributed by atoms with van der Waals surface area (Å²) in [5.74, 6) is -1.85. The van der Waals surface area contributed by atoms with Gasteiger partial charge in [-0.05, 0) is 48.0 Å². The van der Waals surface area contributed by atoms with Gasteiger partial charge in [0.2, 0.25) is 0 Å². The van der Waals surface area contributed by atoms with Crippen LogP contribution in [0.1, 0.15) is 33.5 Å². The van der Waals surface area contributed by atoms with Crippen LogP contribution in [0.2, 0.25) is 0 Å². The van der Waals surface area contributed by atoms with Crippen LogP contribution >= 0.6 is 0 Å². The molecule has 0 radical (unpaired) electrons. The number of carbonyl (C=O) groups is 2. The molecule has 176 valence electrons. The van der Waals surface area contributed by atoms with E-state index < -0.39 is 54.2 Å². The Kier molecular flexibility index (Phi) is 6.55. The molecule has 1 saturated heterocycles. The summed E-state index contributed by atoms with van der Waals surface area (Å²) in [6, 6.07) is 7.27. The van der Waals surface area contributed by atoms with Gasteiger partial charge in [-0.1, -0.05) is 12.1 Å². The summed E-state index contributed by atoms with van der Waals surface area (Å²) in [4.78, 5) is 24.4. The van der Waals surface area contributed by atoms with E-state index in [2.05, 4.69) is 0 Å². The quantitative estimate of drug-likeness (QED) is 0.388. The van der Waals surface area contributed by atoms with Crippen molar-refractivity contribution in [2.75, 3.05) is 13.2 Å². The zero-order valence-corrected chi connectivity index (χ0v) is 16.7. The predicted molar refractivity (Wildman–Crippen MR) is 102 cm³/mol. The van der Waals surface area contributed by atoms with Gasteiger partial charge in [-0.3, -0.25) is 0 Å². The van der Waals surface area contributed by atoms with Crippen LogP contribution in [0.3, 0.4) is 0 Å². The van der Waals surface area contributed by atoms with E-state index in [1.807, 2.05) is 0 Å². The van der Waals surface area contributed by atoms with Crippen molar-refractivity contribution in [2.24, 2.45) is 0 Å². The van der Waals surface area contributed by atoms with Crippen molar-refractivity contribution in [2.45, 2.75) is 24.4 Å². The van der Waals surface area contributed by atoms with E-state index in [-0.39, 0.29) is 23.1 Å². The lowest BCUT2D eigenvalue weighted by Crippen LogP contribution is -2.39. The lowest BCUT2D eigenvalue weighted by atomic mass is 9.97. The predicted octanol–water partition coefficient (Wildman–Crippen LogP) is 4.64. The summed E-state index contributed by atoms with van der Waals surface area (Å²) < 4.78 is 86.0. The number of ether oxygens (including phenoxy) is 2. The molecule has 1 unspecified atom stereocenters. The molecule has 1 heterocycles. The van der Waals surface area contributed by atoms with E-state index in [1.54, 1.807) is 0 Å². The molecule has 1 N–H and O–H groups in total. The molecule has 0 saturated carbocycles. The van der Waals surface area contributed by atoms with Crippen molar-refractivity contribution in [3.05, 3.63) is 76.4 Å². The summed E-state index contributed by atoms with van der Waals surface area (Å²) >= 11 is 0. The zero-order valence-electron chi connectivity index (χ0n) is 16.7. The highest BCUT2D eigenvalue weighted by molar-refractivity contribution is 5.96. The SMILES string of the molecule is O=C1OC(CO)(COC(=O)c2ccc(C(F)(F)F)cc2)C/C1=C\c1ccc(C(F)(F)F)cc1. The van der Waals surface area contributed by atoms with Gasteiger partial charge in [0.25, 0.3) is 0 Å². The van der Waals surface area contributed by atoms with Gasteiger partial charge in [-0.25, -0.2) is 9.59 Å². The molecule has 0 spiro atoms. The minimum Gasteiger partial charge on any atom is -0.458 e. The Bertz CT molecular complexity index is 1050. The van der Waals surface area contributed by atoms with E-state index >= 15 is 0 Å². The van der Waals surface area contributed by atoms with Gasteiger partial charge in [-0.15, -0.1) is 0 Å². The molecule has 1 atom stereocenters. The standard InChI is InChI=1S/C22H16F6O5/c23-21(24,25)16-5-1-13(2-6-16)9-15-10-20(11-29,33-19(15)31)12-32-18(30)14-3-7-17(8-4-14)22(26,27)28/h1-9,29H,10-12H2/b15-9+. The Morgan fingerprint density at radius 2 is 1.48 bits per heavy atom. The molecular formula is C22H16F6O5. The third-order valence-electron chi connectivity index (χ3n) is 4.87. The fourth-order valence-corrected chi connectivity index (χ4v) is 3.09.